The number of hydrogen-bond acceptors (Lipinski definition) is 6. The summed E-state index contributed by atoms with van der Waals surface area (Å²) in [6.45, 7) is 1.62. The number of pyridine rings is 1. The number of anilines is 1. The smallest absolute Gasteiger partial charge is 0.286 e. The molecular weight excluding hydrogens is 362 g/mol. The van der Waals surface area contributed by atoms with Crippen molar-refractivity contribution in [3.05, 3.63) is 54.2 Å². The van der Waals surface area contributed by atoms with Crippen LogP contribution in [-0.4, -0.2) is 40.6 Å². The van der Waals surface area contributed by atoms with Crippen LogP contribution in [0.5, 0.6) is 5.75 Å². The van der Waals surface area contributed by atoms with Crippen LogP contribution in [0.1, 0.15) is 18.4 Å². The lowest BCUT2D eigenvalue weighted by Crippen LogP contribution is -2.34. The van der Waals surface area contributed by atoms with Gasteiger partial charge in [0.25, 0.3) is 5.24 Å². The first-order chi connectivity index (χ1) is 13.2. The van der Waals surface area contributed by atoms with Gasteiger partial charge in [-0.3, -0.25) is 14.9 Å². The van der Waals surface area contributed by atoms with E-state index in [0.717, 1.165) is 48.3 Å². The molecule has 1 aromatic heterocycles. The summed E-state index contributed by atoms with van der Waals surface area (Å²) in [6.07, 6.45) is 4.60. The molecule has 0 spiro atoms. The van der Waals surface area contributed by atoms with Gasteiger partial charge in [-0.15, -0.1) is 0 Å². The summed E-state index contributed by atoms with van der Waals surface area (Å²) in [4.78, 5) is 29.7. The van der Waals surface area contributed by atoms with E-state index in [4.69, 9.17) is 4.74 Å². The van der Waals surface area contributed by atoms with Crippen LogP contribution in [0.3, 0.4) is 0 Å². The van der Waals surface area contributed by atoms with E-state index in [1.165, 1.54) is 0 Å². The molecule has 2 aromatic rings. The van der Waals surface area contributed by atoms with Crippen LogP contribution in [0.4, 0.5) is 10.6 Å². The minimum atomic E-state index is -0.338. The summed E-state index contributed by atoms with van der Waals surface area (Å²) in [7, 11) is 0. The zero-order valence-corrected chi connectivity index (χ0v) is 15.7. The van der Waals surface area contributed by atoms with Crippen LogP contribution in [0.25, 0.3) is 0 Å². The van der Waals surface area contributed by atoms with Crippen molar-refractivity contribution < 1.29 is 14.3 Å². The Morgan fingerprint density at radius 3 is 2.74 bits per heavy atom. The average molecular weight is 383 g/mol. The number of hydrogen-bond donors (Lipinski definition) is 1. The van der Waals surface area contributed by atoms with Crippen molar-refractivity contribution in [3.63, 3.8) is 0 Å². The Morgan fingerprint density at radius 2 is 2.04 bits per heavy atom. The van der Waals surface area contributed by atoms with Gasteiger partial charge in [0, 0.05) is 12.7 Å². The number of imide groups is 1. The predicted molar refractivity (Wildman–Crippen MR) is 105 cm³/mol. The van der Waals surface area contributed by atoms with E-state index in [0.29, 0.717) is 19.1 Å². The molecule has 2 amide bonds. The molecule has 0 saturated carbocycles. The molecule has 2 aliphatic heterocycles. The van der Waals surface area contributed by atoms with Gasteiger partial charge in [-0.1, -0.05) is 30.0 Å². The van der Waals surface area contributed by atoms with Gasteiger partial charge >= 0.3 is 0 Å². The highest BCUT2D eigenvalue weighted by atomic mass is 32.2. The van der Waals surface area contributed by atoms with Gasteiger partial charge in [0.1, 0.15) is 18.2 Å². The number of amides is 2. The highest BCUT2D eigenvalue weighted by Gasteiger charge is 2.31. The third kappa shape index (κ3) is 4.24. The number of rotatable bonds is 6. The summed E-state index contributed by atoms with van der Waals surface area (Å²) in [5, 5.41) is 1.72. The van der Waals surface area contributed by atoms with Gasteiger partial charge in [0.2, 0.25) is 5.91 Å². The lowest BCUT2D eigenvalue weighted by molar-refractivity contribution is -0.118. The molecule has 1 aromatic carbocycles. The van der Waals surface area contributed by atoms with Crippen molar-refractivity contribution in [1.82, 2.24) is 10.3 Å². The van der Waals surface area contributed by atoms with Crippen LogP contribution in [0.15, 0.2) is 48.7 Å². The fourth-order valence-electron chi connectivity index (χ4n) is 3.49. The molecule has 1 N–H and O–H groups in total. The molecule has 2 saturated heterocycles. The number of thioether (sulfide) groups is 1. The highest BCUT2D eigenvalue weighted by molar-refractivity contribution is 8.15. The predicted octanol–water partition coefficient (Wildman–Crippen LogP) is 3.02. The average Bonchev–Trinajstić information content (AvgIpc) is 3.28. The van der Waals surface area contributed by atoms with Crippen molar-refractivity contribution in [2.24, 2.45) is 0 Å². The van der Waals surface area contributed by atoms with Gasteiger partial charge in [0.05, 0.1) is 11.3 Å². The largest absolute Gasteiger partial charge is 0.491 e. The summed E-state index contributed by atoms with van der Waals surface area (Å²) in [5.41, 5.74) is 1.01. The maximum Gasteiger partial charge on any atom is 0.286 e. The van der Waals surface area contributed by atoms with Gasteiger partial charge in [0.15, 0.2) is 0 Å². The number of ether oxygens (including phenoxy) is 1. The second-order valence-electron chi connectivity index (χ2n) is 6.72. The summed E-state index contributed by atoms with van der Waals surface area (Å²) >= 11 is 1.06. The first kappa shape index (κ1) is 17.9. The molecule has 7 heteroatoms. The quantitative estimate of drug-likeness (QED) is 0.827. The molecule has 1 unspecified atom stereocenters. The standard InChI is InChI=1S/C20H21N3O3S/c24-19-17(27-20(25)22-19)12-14-6-8-16(9-7-14)26-13-15-4-3-11-23(15)18-5-1-2-10-21-18/h1-2,5-10,15,17H,3-4,11-13H2,(H,22,24,25)/t15-,17?/m0/s1. The zero-order chi connectivity index (χ0) is 18.6. The van der Waals surface area contributed by atoms with Gasteiger partial charge in [-0.05, 0) is 49.1 Å². The summed E-state index contributed by atoms with van der Waals surface area (Å²) in [5.74, 6) is 1.60. The minimum Gasteiger partial charge on any atom is -0.491 e. The van der Waals surface area contributed by atoms with Gasteiger partial charge in [-0.2, -0.15) is 0 Å². The van der Waals surface area contributed by atoms with Crippen molar-refractivity contribution >= 4 is 28.7 Å². The maximum absolute atomic E-state index is 11.7. The first-order valence-corrected chi connectivity index (χ1v) is 9.98. The van der Waals surface area contributed by atoms with E-state index in [9.17, 15) is 9.59 Å². The summed E-state index contributed by atoms with van der Waals surface area (Å²) < 4.78 is 6.00. The number of nitrogens with zero attached hydrogens (tertiary/aromatic N) is 2. The van der Waals surface area contributed by atoms with Crippen molar-refractivity contribution in [2.75, 3.05) is 18.1 Å². The van der Waals surface area contributed by atoms with E-state index >= 15 is 0 Å². The summed E-state index contributed by atoms with van der Waals surface area (Å²) in [6, 6.07) is 14.1. The second-order valence-corrected chi connectivity index (χ2v) is 7.90. The maximum atomic E-state index is 11.7. The Balaban J connectivity index is 1.32. The Morgan fingerprint density at radius 1 is 1.19 bits per heavy atom. The number of nitrogens with one attached hydrogen (secondary N) is 1. The van der Waals surface area contributed by atoms with Crippen molar-refractivity contribution in [2.45, 2.75) is 30.6 Å². The molecular formula is C20H21N3O3S. The van der Waals surface area contributed by atoms with E-state index in [2.05, 4.69) is 15.2 Å². The highest BCUT2D eigenvalue weighted by Crippen LogP contribution is 2.26. The van der Waals surface area contributed by atoms with E-state index < -0.39 is 0 Å². The van der Waals surface area contributed by atoms with Crippen molar-refractivity contribution in [3.8, 4) is 5.75 Å². The van der Waals surface area contributed by atoms with Crippen LogP contribution in [0, 0.1) is 0 Å². The SMILES string of the molecule is O=C1NC(=O)C(Cc2ccc(OC[C@@H]3CCCN3c3ccccn3)cc2)S1. The molecule has 2 aliphatic rings. The number of carbonyl (C=O) groups is 2. The van der Waals surface area contributed by atoms with Gasteiger partial charge < -0.3 is 9.64 Å². The van der Waals surface area contributed by atoms with Crippen LogP contribution >= 0.6 is 11.8 Å². The van der Waals surface area contributed by atoms with Crippen LogP contribution < -0.4 is 15.0 Å². The fourth-order valence-corrected chi connectivity index (χ4v) is 4.35. The first-order valence-electron chi connectivity index (χ1n) is 9.10. The molecule has 0 radical (unpaired) electrons. The lowest BCUT2D eigenvalue weighted by Gasteiger charge is -2.25. The van der Waals surface area contributed by atoms with E-state index in [-0.39, 0.29) is 16.4 Å². The normalized spacial score (nSPS) is 22.1. The Bertz CT molecular complexity index is 813. The topological polar surface area (TPSA) is 71.5 Å². The Hall–Kier alpha value is -2.54. The molecule has 0 aliphatic carbocycles. The van der Waals surface area contributed by atoms with E-state index in [1.807, 2.05) is 48.7 Å². The van der Waals surface area contributed by atoms with E-state index in [1.54, 1.807) is 0 Å². The number of benzene rings is 1. The molecule has 140 valence electrons. The van der Waals surface area contributed by atoms with Gasteiger partial charge in [-0.25, -0.2) is 4.98 Å². The third-order valence-corrected chi connectivity index (χ3v) is 5.86. The molecule has 0 bridgehead atoms. The molecule has 2 atom stereocenters. The Kier molecular flexibility index (Phi) is 5.29. The Labute approximate surface area is 162 Å². The number of aromatic nitrogens is 1. The zero-order valence-electron chi connectivity index (χ0n) is 14.8. The molecule has 27 heavy (non-hydrogen) atoms. The second kappa shape index (κ2) is 8.00. The lowest BCUT2D eigenvalue weighted by atomic mass is 10.1. The van der Waals surface area contributed by atoms with Crippen molar-refractivity contribution in [1.29, 1.82) is 0 Å². The van der Waals surface area contributed by atoms with Crippen LogP contribution in [0.2, 0.25) is 0 Å². The molecule has 4 rings (SSSR count). The number of carbonyl (C=O) groups excluding carboxylic acids is 2. The minimum absolute atomic E-state index is 0.207. The molecule has 2 fully saturated rings. The third-order valence-electron chi connectivity index (χ3n) is 4.87. The fraction of sp³-hybridized carbons (Fsp3) is 0.350. The molecule has 3 heterocycles. The van der Waals surface area contributed by atoms with Crippen LogP contribution in [-0.2, 0) is 11.2 Å². The monoisotopic (exact) mass is 383 g/mol. The molecule has 6 nitrogen and oxygen atoms in total.